The Bertz CT molecular complexity index is 759. The molecule has 0 N–H and O–H groups in total. The van der Waals surface area contributed by atoms with Crippen LogP contribution < -0.4 is 9.64 Å². The Labute approximate surface area is 161 Å². The molecular weight excluding hydrogens is 340 g/mol. The van der Waals surface area contributed by atoms with E-state index in [9.17, 15) is 9.59 Å². The van der Waals surface area contributed by atoms with E-state index >= 15 is 0 Å². The van der Waals surface area contributed by atoms with Crippen LogP contribution in [-0.2, 0) is 16.1 Å². The topological polar surface area (TPSA) is 49.9 Å². The number of para-hydroxylation sites is 2. The fraction of sp³-hybridized carbons (Fsp3) is 0.364. The van der Waals surface area contributed by atoms with Gasteiger partial charge in [0.25, 0.3) is 0 Å². The van der Waals surface area contributed by atoms with Gasteiger partial charge in [-0.05, 0) is 38.5 Å². The summed E-state index contributed by atoms with van der Waals surface area (Å²) >= 11 is 0. The van der Waals surface area contributed by atoms with E-state index in [1.54, 1.807) is 11.0 Å². The number of carbonyl (C=O) groups excluding carboxylic acids is 2. The van der Waals surface area contributed by atoms with Crippen LogP contribution in [0.3, 0.4) is 0 Å². The van der Waals surface area contributed by atoms with Crippen molar-refractivity contribution in [2.75, 3.05) is 18.1 Å². The lowest BCUT2D eigenvalue weighted by molar-refractivity contribution is -0.133. The summed E-state index contributed by atoms with van der Waals surface area (Å²) < 4.78 is 5.63. The molecule has 2 aromatic rings. The Morgan fingerprint density at radius 3 is 2.22 bits per heavy atom. The van der Waals surface area contributed by atoms with Gasteiger partial charge in [-0.25, -0.2) is 0 Å². The Hall–Kier alpha value is -2.82. The number of nitrogens with zero attached hydrogens (tertiary/aromatic N) is 2. The monoisotopic (exact) mass is 368 g/mol. The molecule has 0 bridgehead atoms. The zero-order chi connectivity index (χ0) is 19.8. The molecule has 0 saturated carbocycles. The fourth-order valence-corrected chi connectivity index (χ4v) is 2.89. The van der Waals surface area contributed by atoms with Crippen LogP contribution in [0.4, 0.5) is 5.69 Å². The van der Waals surface area contributed by atoms with Crippen LogP contribution in [0.1, 0.15) is 33.3 Å². The molecule has 0 aliphatic rings. The van der Waals surface area contributed by atoms with Gasteiger partial charge in [-0.15, -0.1) is 0 Å². The largest absolute Gasteiger partial charge is 0.492 e. The summed E-state index contributed by atoms with van der Waals surface area (Å²) in [6.07, 6.45) is 0. The van der Waals surface area contributed by atoms with Crippen molar-refractivity contribution in [3.05, 3.63) is 60.2 Å². The molecule has 27 heavy (non-hydrogen) atoms. The predicted molar refractivity (Wildman–Crippen MR) is 108 cm³/mol. The Kier molecular flexibility index (Phi) is 7.41. The molecule has 0 atom stereocenters. The van der Waals surface area contributed by atoms with Crippen LogP contribution >= 0.6 is 0 Å². The van der Waals surface area contributed by atoms with Crippen molar-refractivity contribution in [2.45, 2.75) is 40.3 Å². The standard InChI is InChI=1S/C22H28N2O3/c1-5-27-21-14-10-9-13-20(21)24(18(4)25)16-22(26)23(17(2)3)15-19-11-7-6-8-12-19/h6-14,17H,5,15-16H2,1-4H3. The third-order valence-corrected chi connectivity index (χ3v) is 4.27. The van der Waals surface area contributed by atoms with Crippen LogP contribution in [0.5, 0.6) is 5.75 Å². The van der Waals surface area contributed by atoms with Gasteiger partial charge in [0.05, 0.1) is 12.3 Å². The van der Waals surface area contributed by atoms with Crippen molar-refractivity contribution in [3.8, 4) is 5.75 Å². The zero-order valence-corrected chi connectivity index (χ0v) is 16.5. The van der Waals surface area contributed by atoms with E-state index in [0.29, 0.717) is 24.6 Å². The van der Waals surface area contributed by atoms with E-state index in [1.165, 1.54) is 11.8 Å². The first-order chi connectivity index (χ1) is 12.9. The lowest BCUT2D eigenvalue weighted by Crippen LogP contribution is -2.45. The highest BCUT2D eigenvalue weighted by molar-refractivity contribution is 5.98. The highest BCUT2D eigenvalue weighted by atomic mass is 16.5. The first-order valence-electron chi connectivity index (χ1n) is 9.27. The first kappa shape index (κ1) is 20.5. The van der Waals surface area contributed by atoms with Gasteiger partial charge < -0.3 is 9.64 Å². The summed E-state index contributed by atoms with van der Waals surface area (Å²) in [4.78, 5) is 28.6. The molecule has 2 rings (SSSR count). The van der Waals surface area contributed by atoms with Gasteiger partial charge >= 0.3 is 0 Å². The van der Waals surface area contributed by atoms with Gasteiger partial charge in [0.15, 0.2) is 0 Å². The number of hydrogen-bond acceptors (Lipinski definition) is 3. The van der Waals surface area contributed by atoms with Crippen molar-refractivity contribution in [1.29, 1.82) is 0 Å². The van der Waals surface area contributed by atoms with Gasteiger partial charge in [0.2, 0.25) is 11.8 Å². The Morgan fingerprint density at radius 1 is 1.00 bits per heavy atom. The number of carbonyl (C=O) groups is 2. The van der Waals surface area contributed by atoms with Crippen molar-refractivity contribution in [3.63, 3.8) is 0 Å². The minimum atomic E-state index is -0.195. The van der Waals surface area contributed by atoms with E-state index in [1.807, 2.05) is 69.3 Å². The zero-order valence-electron chi connectivity index (χ0n) is 16.5. The smallest absolute Gasteiger partial charge is 0.243 e. The number of benzene rings is 2. The van der Waals surface area contributed by atoms with Crippen LogP contribution in [0.15, 0.2) is 54.6 Å². The van der Waals surface area contributed by atoms with Gasteiger partial charge in [-0.2, -0.15) is 0 Å². The van der Waals surface area contributed by atoms with Crippen LogP contribution in [0.25, 0.3) is 0 Å². The van der Waals surface area contributed by atoms with E-state index in [0.717, 1.165) is 5.56 Å². The molecule has 0 spiro atoms. The molecule has 0 aromatic heterocycles. The number of anilines is 1. The van der Waals surface area contributed by atoms with Crippen LogP contribution in [0.2, 0.25) is 0 Å². The Balaban J connectivity index is 2.23. The number of rotatable bonds is 8. The lowest BCUT2D eigenvalue weighted by atomic mass is 10.2. The first-order valence-corrected chi connectivity index (χ1v) is 9.27. The third-order valence-electron chi connectivity index (χ3n) is 4.27. The second-order valence-corrected chi connectivity index (χ2v) is 6.61. The van der Waals surface area contributed by atoms with Crippen molar-refractivity contribution in [2.24, 2.45) is 0 Å². The maximum absolute atomic E-state index is 13.0. The van der Waals surface area contributed by atoms with Crippen molar-refractivity contribution >= 4 is 17.5 Å². The molecule has 0 saturated heterocycles. The van der Waals surface area contributed by atoms with E-state index in [4.69, 9.17) is 4.74 Å². The second-order valence-electron chi connectivity index (χ2n) is 6.61. The van der Waals surface area contributed by atoms with Crippen molar-refractivity contribution in [1.82, 2.24) is 4.90 Å². The average Bonchev–Trinajstić information content (AvgIpc) is 2.65. The molecule has 144 valence electrons. The quantitative estimate of drug-likeness (QED) is 0.711. The molecule has 2 amide bonds. The summed E-state index contributed by atoms with van der Waals surface area (Å²) in [7, 11) is 0. The number of hydrogen-bond donors (Lipinski definition) is 0. The van der Waals surface area contributed by atoms with Gasteiger partial charge in [-0.3, -0.25) is 14.5 Å². The highest BCUT2D eigenvalue weighted by Gasteiger charge is 2.24. The summed E-state index contributed by atoms with van der Waals surface area (Å²) in [5.74, 6) is 0.302. The maximum atomic E-state index is 13.0. The van der Waals surface area contributed by atoms with Crippen LogP contribution in [0, 0.1) is 0 Å². The van der Waals surface area contributed by atoms with Crippen molar-refractivity contribution < 1.29 is 14.3 Å². The summed E-state index contributed by atoms with van der Waals surface area (Å²) in [6.45, 7) is 8.29. The minimum Gasteiger partial charge on any atom is -0.492 e. The van der Waals surface area contributed by atoms with Gasteiger partial charge in [0.1, 0.15) is 12.3 Å². The SMILES string of the molecule is CCOc1ccccc1N(CC(=O)N(Cc1ccccc1)C(C)C)C(C)=O. The highest BCUT2D eigenvalue weighted by Crippen LogP contribution is 2.28. The fourth-order valence-electron chi connectivity index (χ4n) is 2.89. The van der Waals surface area contributed by atoms with E-state index < -0.39 is 0 Å². The molecule has 0 unspecified atom stereocenters. The van der Waals surface area contributed by atoms with E-state index in [-0.39, 0.29) is 24.4 Å². The maximum Gasteiger partial charge on any atom is 0.243 e. The normalized spacial score (nSPS) is 10.6. The molecule has 0 aliphatic heterocycles. The van der Waals surface area contributed by atoms with Gasteiger partial charge in [0, 0.05) is 19.5 Å². The molecule has 0 heterocycles. The van der Waals surface area contributed by atoms with Crippen LogP contribution in [-0.4, -0.2) is 35.9 Å². The third kappa shape index (κ3) is 5.58. The molecule has 0 radical (unpaired) electrons. The molecule has 5 heteroatoms. The lowest BCUT2D eigenvalue weighted by Gasteiger charge is -2.30. The molecule has 2 aromatic carbocycles. The number of amides is 2. The summed E-state index contributed by atoms with van der Waals surface area (Å²) in [5.41, 5.74) is 1.67. The predicted octanol–water partition coefficient (Wildman–Crippen LogP) is 3.88. The average molecular weight is 368 g/mol. The second kappa shape index (κ2) is 9.76. The molecule has 0 aliphatic carbocycles. The minimum absolute atomic E-state index is 0.0219. The Morgan fingerprint density at radius 2 is 1.63 bits per heavy atom. The molecule has 5 nitrogen and oxygen atoms in total. The van der Waals surface area contributed by atoms with Gasteiger partial charge in [-0.1, -0.05) is 42.5 Å². The number of ether oxygens (including phenoxy) is 1. The summed E-state index contributed by atoms with van der Waals surface area (Å²) in [5, 5.41) is 0. The molecular formula is C22H28N2O3. The molecule has 0 fully saturated rings. The van der Waals surface area contributed by atoms with E-state index in [2.05, 4.69) is 0 Å². The summed E-state index contributed by atoms with van der Waals surface area (Å²) in [6, 6.07) is 17.2.